The predicted octanol–water partition coefficient (Wildman–Crippen LogP) is 1.16. The van der Waals surface area contributed by atoms with Crippen LogP contribution in [-0.4, -0.2) is 11.1 Å². The fourth-order valence-electron chi connectivity index (χ4n) is 1.29. The molecule has 0 aliphatic carbocycles. The number of carbonyl (C=O) groups is 1. The van der Waals surface area contributed by atoms with Crippen molar-refractivity contribution >= 4 is 5.97 Å². The topological polar surface area (TPSA) is 46.5 Å². The summed E-state index contributed by atoms with van der Waals surface area (Å²) in [5.74, 6) is -0.443. The Morgan fingerprint density at radius 3 is 3.00 bits per heavy atom. The van der Waals surface area contributed by atoms with Crippen molar-refractivity contribution in [3.8, 4) is 0 Å². The molecule has 3 nitrogen and oxygen atoms in total. The van der Waals surface area contributed by atoms with E-state index >= 15 is 0 Å². The second-order valence-corrected chi connectivity index (χ2v) is 2.85. The van der Waals surface area contributed by atoms with E-state index in [0.717, 1.165) is 5.56 Å². The highest BCUT2D eigenvalue weighted by atomic mass is 16.6. The van der Waals surface area contributed by atoms with E-state index in [1.165, 1.54) is 0 Å². The zero-order valence-electron chi connectivity index (χ0n) is 6.57. The number of fused-ring (bicyclic) bond motifs is 1. The summed E-state index contributed by atoms with van der Waals surface area (Å²) in [5, 5.41) is 9.20. The highest BCUT2D eigenvalue weighted by Crippen LogP contribution is 2.28. The van der Waals surface area contributed by atoms with Crippen molar-refractivity contribution in [3.05, 3.63) is 34.9 Å². The van der Waals surface area contributed by atoms with E-state index in [4.69, 9.17) is 0 Å². The molecule has 0 aromatic heterocycles. The second-order valence-electron chi connectivity index (χ2n) is 2.85. The summed E-state index contributed by atoms with van der Waals surface area (Å²) < 4.78 is 4.60. The van der Waals surface area contributed by atoms with E-state index in [0.29, 0.717) is 11.1 Å². The van der Waals surface area contributed by atoms with E-state index in [-0.39, 0.29) is 0 Å². The predicted molar refractivity (Wildman–Crippen MR) is 41.6 cm³/mol. The van der Waals surface area contributed by atoms with Gasteiger partial charge in [-0.05, 0) is 13.0 Å². The lowest BCUT2D eigenvalue weighted by atomic mass is 10.1. The van der Waals surface area contributed by atoms with Crippen molar-refractivity contribution in [3.63, 3.8) is 0 Å². The molecule has 0 saturated heterocycles. The molecule has 62 valence electrons. The third-order valence-electron chi connectivity index (χ3n) is 1.91. The van der Waals surface area contributed by atoms with Crippen molar-refractivity contribution in [1.82, 2.24) is 0 Å². The normalized spacial score (nSPS) is 20.5. The fourth-order valence-corrected chi connectivity index (χ4v) is 1.29. The first-order valence-corrected chi connectivity index (χ1v) is 3.68. The van der Waals surface area contributed by atoms with Gasteiger partial charge in [0.15, 0.2) is 0 Å². The molecule has 2 rings (SSSR count). The molecule has 12 heavy (non-hydrogen) atoms. The number of aliphatic hydroxyl groups excluding tert-OH is 1. The Morgan fingerprint density at radius 2 is 2.25 bits per heavy atom. The maximum absolute atomic E-state index is 11.0. The van der Waals surface area contributed by atoms with Crippen LogP contribution in [0.5, 0.6) is 0 Å². The third kappa shape index (κ3) is 0.905. The van der Waals surface area contributed by atoms with Gasteiger partial charge >= 0.3 is 5.97 Å². The minimum absolute atomic E-state index is 0.443. The number of esters is 1. The van der Waals surface area contributed by atoms with Crippen LogP contribution >= 0.6 is 0 Å². The Hall–Kier alpha value is -1.35. The molecule has 0 radical (unpaired) electrons. The minimum Gasteiger partial charge on any atom is -0.428 e. The number of carbonyl (C=O) groups excluding carboxylic acids is 1. The molecule has 1 aliphatic heterocycles. The van der Waals surface area contributed by atoms with Gasteiger partial charge in [0.05, 0.1) is 5.56 Å². The SMILES string of the molecule is Cc1ccc2c(c1)C(=O)O[C@H]2O. The summed E-state index contributed by atoms with van der Waals surface area (Å²) in [6.45, 7) is 1.89. The molecule has 3 heteroatoms. The standard InChI is InChI=1S/C9H8O3/c1-5-2-3-6-7(4-5)9(11)12-8(6)10/h2-4,8,10H,1H3/t8-/m1/s1. The van der Waals surface area contributed by atoms with Crippen molar-refractivity contribution in [1.29, 1.82) is 0 Å². The van der Waals surface area contributed by atoms with Crippen LogP contribution in [0.3, 0.4) is 0 Å². The molecule has 1 aromatic rings. The number of aryl methyl sites for hydroxylation is 1. The van der Waals surface area contributed by atoms with Crippen LogP contribution in [0.4, 0.5) is 0 Å². The Morgan fingerprint density at radius 1 is 1.50 bits per heavy atom. The zero-order valence-corrected chi connectivity index (χ0v) is 6.57. The summed E-state index contributed by atoms with van der Waals surface area (Å²) in [7, 11) is 0. The first-order valence-electron chi connectivity index (χ1n) is 3.68. The highest BCUT2D eigenvalue weighted by Gasteiger charge is 2.28. The van der Waals surface area contributed by atoms with Crippen LogP contribution in [0.1, 0.15) is 27.8 Å². The van der Waals surface area contributed by atoms with Crippen molar-refractivity contribution < 1.29 is 14.6 Å². The molecule has 0 saturated carbocycles. The Labute approximate surface area is 69.6 Å². The summed E-state index contributed by atoms with van der Waals surface area (Å²) in [5.41, 5.74) is 2.02. The molecule has 1 atom stereocenters. The third-order valence-corrected chi connectivity index (χ3v) is 1.91. The van der Waals surface area contributed by atoms with Gasteiger partial charge in [0.25, 0.3) is 0 Å². The van der Waals surface area contributed by atoms with Crippen LogP contribution < -0.4 is 0 Å². The lowest BCUT2D eigenvalue weighted by Gasteiger charge is -1.99. The Balaban J connectivity index is 2.60. The number of hydrogen-bond donors (Lipinski definition) is 1. The lowest BCUT2D eigenvalue weighted by molar-refractivity contribution is -0.0547. The highest BCUT2D eigenvalue weighted by molar-refractivity contribution is 5.93. The molecular weight excluding hydrogens is 156 g/mol. The van der Waals surface area contributed by atoms with E-state index in [1.807, 2.05) is 13.0 Å². The first kappa shape index (κ1) is 7.31. The van der Waals surface area contributed by atoms with E-state index in [2.05, 4.69) is 4.74 Å². The molecule has 0 amide bonds. The molecule has 0 unspecified atom stereocenters. The average molecular weight is 164 g/mol. The summed E-state index contributed by atoms with van der Waals surface area (Å²) in [4.78, 5) is 11.0. The monoisotopic (exact) mass is 164 g/mol. The number of rotatable bonds is 0. The molecule has 0 spiro atoms. The summed E-state index contributed by atoms with van der Waals surface area (Å²) >= 11 is 0. The largest absolute Gasteiger partial charge is 0.428 e. The molecule has 1 aromatic carbocycles. The zero-order chi connectivity index (χ0) is 8.72. The van der Waals surface area contributed by atoms with Gasteiger partial charge in [0, 0.05) is 5.56 Å². The van der Waals surface area contributed by atoms with E-state index < -0.39 is 12.3 Å². The first-order chi connectivity index (χ1) is 5.68. The quantitative estimate of drug-likeness (QED) is 0.585. The number of ether oxygens (including phenoxy) is 1. The van der Waals surface area contributed by atoms with Crippen LogP contribution in [0.25, 0.3) is 0 Å². The molecule has 1 N–H and O–H groups in total. The smallest absolute Gasteiger partial charge is 0.341 e. The molecular formula is C9H8O3. The molecule has 0 bridgehead atoms. The van der Waals surface area contributed by atoms with Gasteiger partial charge in [-0.2, -0.15) is 0 Å². The fraction of sp³-hybridized carbons (Fsp3) is 0.222. The van der Waals surface area contributed by atoms with E-state index in [1.54, 1.807) is 12.1 Å². The molecule has 1 aliphatic rings. The molecule has 0 fully saturated rings. The maximum Gasteiger partial charge on any atom is 0.341 e. The molecule has 1 heterocycles. The van der Waals surface area contributed by atoms with Gasteiger partial charge in [-0.25, -0.2) is 4.79 Å². The van der Waals surface area contributed by atoms with E-state index in [9.17, 15) is 9.90 Å². The van der Waals surface area contributed by atoms with Gasteiger partial charge in [-0.3, -0.25) is 0 Å². The number of aliphatic hydroxyl groups is 1. The minimum atomic E-state index is -1.08. The van der Waals surface area contributed by atoms with Gasteiger partial charge in [0.2, 0.25) is 6.29 Å². The Kier molecular flexibility index (Phi) is 1.41. The van der Waals surface area contributed by atoms with Crippen LogP contribution in [0, 0.1) is 6.92 Å². The van der Waals surface area contributed by atoms with Gasteiger partial charge < -0.3 is 9.84 Å². The average Bonchev–Trinajstić information content (AvgIpc) is 2.28. The van der Waals surface area contributed by atoms with Gasteiger partial charge in [-0.15, -0.1) is 0 Å². The number of hydrogen-bond acceptors (Lipinski definition) is 3. The lowest BCUT2D eigenvalue weighted by Crippen LogP contribution is -1.95. The van der Waals surface area contributed by atoms with Crippen molar-refractivity contribution in [2.75, 3.05) is 0 Å². The van der Waals surface area contributed by atoms with Crippen molar-refractivity contribution in [2.24, 2.45) is 0 Å². The second kappa shape index (κ2) is 2.32. The van der Waals surface area contributed by atoms with Crippen LogP contribution in [-0.2, 0) is 4.74 Å². The van der Waals surface area contributed by atoms with Crippen LogP contribution in [0.2, 0.25) is 0 Å². The number of benzene rings is 1. The van der Waals surface area contributed by atoms with Crippen LogP contribution in [0.15, 0.2) is 18.2 Å². The summed E-state index contributed by atoms with van der Waals surface area (Å²) in [6.07, 6.45) is -1.08. The van der Waals surface area contributed by atoms with Gasteiger partial charge in [-0.1, -0.05) is 17.7 Å². The number of cyclic esters (lactones) is 1. The van der Waals surface area contributed by atoms with Gasteiger partial charge in [0.1, 0.15) is 0 Å². The van der Waals surface area contributed by atoms with Crippen molar-refractivity contribution in [2.45, 2.75) is 13.2 Å². The Bertz CT molecular complexity index is 344. The maximum atomic E-state index is 11.0. The summed E-state index contributed by atoms with van der Waals surface area (Å²) in [6, 6.07) is 5.26.